The number of hydrogen-bond acceptors (Lipinski definition) is 3. The maximum atomic E-state index is 6.26. The maximum absolute atomic E-state index is 6.26. The van der Waals surface area contributed by atoms with Crippen molar-refractivity contribution in [2.45, 2.75) is 32.5 Å². The highest BCUT2D eigenvalue weighted by molar-refractivity contribution is 9.10. The summed E-state index contributed by atoms with van der Waals surface area (Å²) in [5, 5.41) is 2.13. The lowest BCUT2D eigenvalue weighted by Crippen LogP contribution is -2.39. The van der Waals surface area contributed by atoms with E-state index < -0.39 is 0 Å². The second-order valence-corrected chi connectivity index (χ2v) is 6.95. The molecule has 4 heteroatoms. The summed E-state index contributed by atoms with van der Waals surface area (Å²) in [5.74, 6) is 0. The van der Waals surface area contributed by atoms with Gasteiger partial charge < -0.3 is 5.73 Å². The van der Waals surface area contributed by atoms with E-state index in [0.29, 0.717) is 0 Å². The molecule has 0 amide bonds. The quantitative estimate of drug-likeness (QED) is 0.833. The van der Waals surface area contributed by atoms with E-state index in [9.17, 15) is 0 Å². The van der Waals surface area contributed by atoms with Gasteiger partial charge in [-0.15, -0.1) is 11.3 Å². The minimum absolute atomic E-state index is 0.0936. The number of likely N-dealkylation sites (N-methyl/N-ethyl adjacent to an activating group) is 1. The maximum Gasteiger partial charge on any atom is 0.0500 e. The summed E-state index contributed by atoms with van der Waals surface area (Å²) in [6, 6.07) is 13.1. The van der Waals surface area contributed by atoms with Crippen LogP contribution in [0, 0.1) is 0 Å². The SMILES string of the molecule is CCN(Cc1cccs1)C(c1ccc(Br)cc1)C(C)N. The summed E-state index contributed by atoms with van der Waals surface area (Å²) < 4.78 is 1.10. The van der Waals surface area contributed by atoms with E-state index in [2.05, 4.69) is 76.5 Å². The number of hydrogen-bond donors (Lipinski definition) is 1. The lowest BCUT2D eigenvalue weighted by Gasteiger charge is -2.33. The van der Waals surface area contributed by atoms with Gasteiger partial charge in [0, 0.05) is 28.0 Å². The molecule has 2 N–H and O–H groups in total. The Morgan fingerprint density at radius 3 is 2.45 bits per heavy atom. The molecule has 0 aliphatic heterocycles. The van der Waals surface area contributed by atoms with Crippen LogP contribution in [-0.4, -0.2) is 17.5 Å². The molecule has 0 saturated carbocycles. The Hall–Kier alpha value is -0.680. The zero-order valence-corrected chi connectivity index (χ0v) is 14.3. The second-order valence-electron chi connectivity index (χ2n) is 5.00. The predicted octanol–water partition coefficient (Wildman–Crippen LogP) is 4.42. The molecule has 108 valence electrons. The largest absolute Gasteiger partial charge is 0.326 e. The van der Waals surface area contributed by atoms with Crippen molar-refractivity contribution in [2.75, 3.05) is 6.54 Å². The molecule has 20 heavy (non-hydrogen) atoms. The van der Waals surface area contributed by atoms with Crippen molar-refractivity contribution in [1.82, 2.24) is 4.90 Å². The van der Waals surface area contributed by atoms with E-state index in [1.54, 1.807) is 11.3 Å². The van der Waals surface area contributed by atoms with Crippen LogP contribution in [0.3, 0.4) is 0 Å². The van der Waals surface area contributed by atoms with Crippen molar-refractivity contribution < 1.29 is 0 Å². The highest BCUT2D eigenvalue weighted by Gasteiger charge is 2.23. The van der Waals surface area contributed by atoms with Crippen LogP contribution in [-0.2, 0) is 6.54 Å². The van der Waals surface area contributed by atoms with Gasteiger partial charge >= 0.3 is 0 Å². The molecule has 1 heterocycles. The van der Waals surface area contributed by atoms with Crippen LogP contribution in [0.1, 0.15) is 30.3 Å². The Morgan fingerprint density at radius 1 is 1.25 bits per heavy atom. The number of benzene rings is 1. The van der Waals surface area contributed by atoms with Gasteiger partial charge in [-0.1, -0.05) is 41.1 Å². The highest BCUT2D eigenvalue weighted by atomic mass is 79.9. The average molecular weight is 353 g/mol. The molecular formula is C16H21BrN2S. The third-order valence-corrected chi connectivity index (χ3v) is 4.84. The van der Waals surface area contributed by atoms with Crippen molar-refractivity contribution >= 4 is 27.3 Å². The molecule has 2 aromatic rings. The van der Waals surface area contributed by atoms with E-state index in [-0.39, 0.29) is 12.1 Å². The third-order valence-electron chi connectivity index (χ3n) is 3.45. The number of rotatable bonds is 6. The predicted molar refractivity (Wildman–Crippen MR) is 90.9 cm³/mol. The van der Waals surface area contributed by atoms with Gasteiger partial charge in [0.15, 0.2) is 0 Å². The van der Waals surface area contributed by atoms with Crippen LogP contribution in [0.15, 0.2) is 46.3 Å². The summed E-state index contributed by atoms with van der Waals surface area (Å²) in [6.45, 7) is 6.22. The first-order valence-electron chi connectivity index (χ1n) is 6.89. The minimum Gasteiger partial charge on any atom is -0.326 e. The van der Waals surface area contributed by atoms with Gasteiger partial charge in [-0.3, -0.25) is 4.90 Å². The van der Waals surface area contributed by atoms with Gasteiger partial charge in [-0.2, -0.15) is 0 Å². The van der Waals surface area contributed by atoms with E-state index in [4.69, 9.17) is 5.73 Å². The molecule has 2 unspecified atom stereocenters. The molecule has 2 atom stereocenters. The standard InChI is InChI=1S/C16H21BrN2S/c1-3-19(11-15-5-4-10-20-15)16(12(2)18)13-6-8-14(17)9-7-13/h4-10,12,16H,3,11,18H2,1-2H3. The monoisotopic (exact) mass is 352 g/mol. The van der Waals surface area contributed by atoms with Crippen molar-refractivity contribution in [3.8, 4) is 0 Å². The molecule has 0 bridgehead atoms. The first-order valence-corrected chi connectivity index (χ1v) is 8.56. The van der Waals surface area contributed by atoms with Crippen LogP contribution in [0.25, 0.3) is 0 Å². The first kappa shape index (κ1) is 15.7. The van der Waals surface area contributed by atoms with E-state index in [1.165, 1.54) is 10.4 Å². The average Bonchev–Trinajstić information content (AvgIpc) is 2.92. The number of nitrogens with two attached hydrogens (primary N) is 1. The molecule has 0 aliphatic rings. The normalized spacial score (nSPS) is 14.4. The van der Waals surface area contributed by atoms with Gasteiger partial charge in [0.2, 0.25) is 0 Å². The molecule has 2 rings (SSSR count). The van der Waals surface area contributed by atoms with Crippen molar-refractivity contribution in [1.29, 1.82) is 0 Å². The fourth-order valence-corrected chi connectivity index (χ4v) is 3.51. The molecule has 0 fully saturated rings. The molecule has 1 aromatic carbocycles. The van der Waals surface area contributed by atoms with Gasteiger partial charge in [-0.25, -0.2) is 0 Å². The van der Waals surface area contributed by atoms with E-state index >= 15 is 0 Å². The Labute approximate surface area is 133 Å². The topological polar surface area (TPSA) is 29.3 Å². The van der Waals surface area contributed by atoms with Crippen LogP contribution < -0.4 is 5.73 Å². The fourth-order valence-electron chi connectivity index (χ4n) is 2.52. The Kier molecular flexibility index (Phi) is 5.78. The second kappa shape index (κ2) is 7.36. The fraction of sp³-hybridized carbons (Fsp3) is 0.375. The lowest BCUT2D eigenvalue weighted by atomic mass is 9.99. The number of nitrogens with zero attached hydrogens (tertiary/aromatic N) is 1. The summed E-state index contributed by atoms with van der Waals surface area (Å²) in [6.07, 6.45) is 0. The molecule has 2 nitrogen and oxygen atoms in total. The highest BCUT2D eigenvalue weighted by Crippen LogP contribution is 2.27. The van der Waals surface area contributed by atoms with E-state index in [0.717, 1.165) is 17.6 Å². The van der Waals surface area contributed by atoms with Crippen molar-refractivity contribution in [3.05, 3.63) is 56.7 Å². The molecule has 0 spiro atoms. The zero-order valence-electron chi connectivity index (χ0n) is 11.9. The third kappa shape index (κ3) is 3.92. The molecule has 0 radical (unpaired) electrons. The molecule has 0 aliphatic carbocycles. The first-order chi connectivity index (χ1) is 9.61. The summed E-state index contributed by atoms with van der Waals surface area (Å²) >= 11 is 5.29. The molecule has 1 aromatic heterocycles. The summed E-state index contributed by atoms with van der Waals surface area (Å²) in [4.78, 5) is 3.83. The van der Waals surface area contributed by atoms with Crippen molar-refractivity contribution in [3.63, 3.8) is 0 Å². The van der Waals surface area contributed by atoms with Crippen LogP contribution >= 0.6 is 27.3 Å². The van der Waals surface area contributed by atoms with Crippen LogP contribution in [0.2, 0.25) is 0 Å². The number of thiophene rings is 1. The van der Waals surface area contributed by atoms with Crippen molar-refractivity contribution in [2.24, 2.45) is 5.73 Å². The van der Waals surface area contributed by atoms with E-state index in [1.807, 2.05) is 0 Å². The Balaban J connectivity index is 2.23. The summed E-state index contributed by atoms with van der Waals surface area (Å²) in [5.41, 5.74) is 7.54. The van der Waals surface area contributed by atoms with Gasteiger partial charge in [0.25, 0.3) is 0 Å². The molecule has 0 saturated heterocycles. The lowest BCUT2D eigenvalue weighted by molar-refractivity contribution is 0.178. The smallest absolute Gasteiger partial charge is 0.0500 e. The Bertz CT molecular complexity index is 508. The van der Waals surface area contributed by atoms with Crippen LogP contribution in [0.4, 0.5) is 0 Å². The van der Waals surface area contributed by atoms with Gasteiger partial charge in [0.1, 0.15) is 0 Å². The van der Waals surface area contributed by atoms with Crippen LogP contribution in [0.5, 0.6) is 0 Å². The van der Waals surface area contributed by atoms with Gasteiger partial charge in [-0.05, 0) is 42.6 Å². The Morgan fingerprint density at radius 2 is 1.95 bits per heavy atom. The van der Waals surface area contributed by atoms with Gasteiger partial charge in [0.05, 0.1) is 0 Å². The zero-order chi connectivity index (χ0) is 14.5. The summed E-state index contributed by atoms with van der Waals surface area (Å²) in [7, 11) is 0. The minimum atomic E-state index is 0.0936. The number of halogens is 1. The molecular weight excluding hydrogens is 332 g/mol.